The SMILES string of the molecule is CC(OC(=O)Oc1ccc(C(F)(F)F)cc1)OC(=O)C(C)C.CC(OC(=O)Oc1cccc(C(F)(F)F)c1)OC(=O)C(C)C.CC(OC(=O)Oc1ccccc1C(F)(F)F)OC(=O)C(C)C.Cc1ccc(OC(=O)OC(C)OC(=O)C(C)C)cc1.Cc1cccc(OC(=O)OC(C)OC(=O)C(C)C)c1.Cc1ccccc1OC(=O)OC(C)OC(=O)C(C)C.O=C=O. The molecule has 0 aliphatic heterocycles. The third-order valence-electron chi connectivity index (χ3n) is 13.9. The number of esters is 6. The second-order valence-corrected chi connectivity index (χ2v) is 27.3. The molecule has 0 amide bonds. The van der Waals surface area contributed by atoms with E-state index in [0.717, 1.165) is 71.3 Å². The molecule has 0 spiro atoms. The monoisotopic (exact) mass is 1800 g/mol. The highest BCUT2D eigenvalue weighted by Crippen LogP contribution is 2.37. The van der Waals surface area contributed by atoms with Crippen LogP contribution in [-0.4, -0.2) is 117 Å². The van der Waals surface area contributed by atoms with Crippen molar-refractivity contribution in [2.45, 2.75) is 202 Å². The Morgan fingerprint density at radius 2 is 0.516 bits per heavy atom. The van der Waals surface area contributed by atoms with Crippen molar-refractivity contribution < 1.29 is 192 Å². The number of para-hydroxylation sites is 2. The summed E-state index contributed by atoms with van der Waals surface area (Å²) in [5.74, 6) is -5.12. The van der Waals surface area contributed by atoms with Crippen molar-refractivity contribution >= 4 is 78.9 Å². The van der Waals surface area contributed by atoms with Crippen LogP contribution in [0.4, 0.5) is 68.3 Å². The maximum absolute atomic E-state index is 12.7. The van der Waals surface area contributed by atoms with Crippen molar-refractivity contribution in [2.75, 3.05) is 0 Å². The molecule has 0 bridgehead atoms. The van der Waals surface area contributed by atoms with Crippen molar-refractivity contribution in [2.24, 2.45) is 35.5 Å². The largest absolute Gasteiger partial charge is 0.516 e. The first-order valence-corrected chi connectivity index (χ1v) is 37.6. The molecule has 126 heavy (non-hydrogen) atoms. The minimum absolute atomic E-state index is 0.125. The van der Waals surface area contributed by atoms with Crippen molar-refractivity contribution in [3.63, 3.8) is 0 Å². The lowest BCUT2D eigenvalue weighted by Gasteiger charge is -2.16. The summed E-state index contributed by atoms with van der Waals surface area (Å²) >= 11 is 0. The molecule has 41 heteroatoms. The Bertz CT molecular complexity index is 4480. The second-order valence-electron chi connectivity index (χ2n) is 27.3. The minimum Gasteiger partial charge on any atom is -0.425 e. The molecule has 6 unspecified atom stereocenters. The molecule has 0 aromatic heterocycles. The van der Waals surface area contributed by atoms with Gasteiger partial charge in [0.05, 0.1) is 52.2 Å². The molecule has 32 nitrogen and oxygen atoms in total. The minimum atomic E-state index is -4.67. The van der Waals surface area contributed by atoms with E-state index in [0.29, 0.717) is 23.3 Å². The molecule has 0 fully saturated rings. The zero-order chi connectivity index (χ0) is 96.7. The van der Waals surface area contributed by atoms with E-state index in [4.69, 9.17) is 66.4 Å². The Balaban J connectivity index is 0.00000148. The Morgan fingerprint density at radius 3 is 0.810 bits per heavy atom. The first-order valence-electron chi connectivity index (χ1n) is 37.6. The number of halogens is 9. The zero-order valence-corrected chi connectivity index (χ0v) is 72.3. The maximum Gasteiger partial charge on any atom is 0.516 e. The summed E-state index contributed by atoms with van der Waals surface area (Å²) in [7, 11) is 0. The average molecular weight is 1800 g/mol. The van der Waals surface area contributed by atoms with Gasteiger partial charge in [-0.2, -0.15) is 49.1 Å². The lowest BCUT2D eigenvalue weighted by atomic mass is 10.2. The van der Waals surface area contributed by atoms with Crippen LogP contribution in [0.3, 0.4) is 0 Å². The van der Waals surface area contributed by atoms with Crippen molar-refractivity contribution in [3.05, 3.63) is 179 Å². The average Bonchev–Trinajstić information content (AvgIpc) is 0.828. The maximum atomic E-state index is 12.7. The molecule has 0 saturated heterocycles. The number of hydrogen-bond acceptors (Lipinski definition) is 32. The van der Waals surface area contributed by atoms with Crippen LogP contribution in [0.5, 0.6) is 34.5 Å². The fourth-order valence-electron chi connectivity index (χ4n) is 7.66. The number of aryl methyl sites for hydroxylation is 3. The molecule has 0 aliphatic carbocycles. The Morgan fingerprint density at radius 1 is 0.254 bits per heavy atom. The predicted octanol–water partition coefficient (Wildman–Crippen LogP) is 19.9. The summed E-state index contributed by atoms with van der Waals surface area (Å²) in [6, 6.07) is 32.4. The highest BCUT2D eigenvalue weighted by molar-refractivity contribution is 5.75. The molecular weight excluding hydrogens is 1700 g/mol. The lowest BCUT2D eigenvalue weighted by Crippen LogP contribution is -2.26. The van der Waals surface area contributed by atoms with Gasteiger partial charge in [-0.25, -0.2) is 28.8 Å². The second kappa shape index (κ2) is 56.3. The van der Waals surface area contributed by atoms with Gasteiger partial charge >= 0.3 is 97.4 Å². The molecule has 0 N–H and O–H groups in total. The Kier molecular flexibility index (Phi) is 50.3. The standard InChI is InChI=1S/3C14H15F3O5.3C14H18O5.CO2/c1-8(2)12(18)20-9(3)21-13(19)22-11-6-4-10(5-7-11)14(15,16)17;1-8(2)12(18)20-9(3)21-13(19)22-11-6-4-5-10(7-11)14(15,16)17;1-8(2)12(18)20-9(3)21-13(19)22-11-7-5-4-6-10(11)14(15,16)17;1-9(2)13(15)17-11(4)18-14(16)19-12-7-5-10(3)6-8-12;1-9(2)13(15)17-11(4)18-14(16)19-12-7-5-6-10(3)8-12;1-9(2)13(15)17-11(4)18-14(16)19-12-8-6-5-7-10(12)3;2-1-3/h3*4-9H,1-3H3;3*5-9,11H,1-4H3;. The molecule has 0 heterocycles. The van der Waals surface area contributed by atoms with E-state index in [9.17, 15) is 97.0 Å². The fourth-order valence-corrected chi connectivity index (χ4v) is 7.66. The van der Waals surface area contributed by atoms with Gasteiger partial charge in [0.15, 0.2) is 0 Å². The van der Waals surface area contributed by atoms with Gasteiger partial charge < -0.3 is 85.3 Å². The number of benzene rings is 6. The highest BCUT2D eigenvalue weighted by Gasteiger charge is 2.36. The van der Waals surface area contributed by atoms with Crippen LogP contribution >= 0.6 is 0 Å². The normalized spacial score (nSPS) is 12.1. The number of rotatable bonds is 24. The molecule has 0 radical (unpaired) electrons. The first kappa shape index (κ1) is 113. The Hall–Kier alpha value is -13.5. The number of carbonyl (C=O) groups is 12. The molecular formula is C85H99F9O32. The number of carbonyl (C=O) groups excluding carboxylic acids is 14. The summed E-state index contributed by atoms with van der Waals surface area (Å²) < 4.78 is 199. The fraction of sp³-hybridized carbons (Fsp3) is 0.424. The third kappa shape index (κ3) is 50.2. The van der Waals surface area contributed by atoms with Crippen molar-refractivity contribution in [3.8, 4) is 34.5 Å². The summed E-state index contributed by atoms with van der Waals surface area (Å²) in [6.45, 7) is 33.6. The Labute approximate surface area is 718 Å². The van der Waals surface area contributed by atoms with Crippen molar-refractivity contribution in [1.82, 2.24) is 0 Å². The molecule has 6 atom stereocenters. The van der Waals surface area contributed by atoms with Crippen LogP contribution in [0.2, 0.25) is 0 Å². The van der Waals surface area contributed by atoms with E-state index in [1.54, 1.807) is 126 Å². The van der Waals surface area contributed by atoms with Crippen LogP contribution in [0.1, 0.15) is 158 Å². The highest BCUT2D eigenvalue weighted by atomic mass is 19.4. The molecule has 6 aromatic rings. The number of ether oxygens (including phenoxy) is 18. The number of alkyl halides is 9. The summed E-state index contributed by atoms with van der Waals surface area (Å²) in [4.78, 5) is 153. The van der Waals surface area contributed by atoms with Gasteiger partial charge in [-0.3, -0.25) is 28.8 Å². The van der Waals surface area contributed by atoms with Gasteiger partial charge in [-0.1, -0.05) is 149 Å². The topological polar surface area (TPSA) is 405 Å². The van der Waals surface area contributed by atoms with Crippen LogP contribution in [-0.2, 0) is 114 Å². The molecule has 6 rings (SSSR count). The van der Waals surface area contributed by atoms with Gasteiger partial charge in [0.1, 0.15) is 34.5 Å². The van der Waals surface area contributed by atoms with Gasteiger partial charge in [-0.15, -0.1) is 0 Å². The molecule has 0 aliphatic rings. The lowest BCUT2D eigenvalue weighted by molar-refractivity contribution is -0.192. The van der Waals surface area contributed by atoms with E-state index < -0.39 is 169 Å². The number of hydrogen-bond donors (Lipinski definition) is 0. The third-order valence-corrected chi connectivity index (χ3v) is 13.9. The first-order chi connectivity index (χ1) is 58.4. The van der Waals surface area contributed by atoms with Gasteiger partial charge in [-0.05, 0) is 117 Å². The van der Waals surface area contributed by atoms with Gasteiger partial charge in [0.25, 0.3) is 0 Å². The summed E-state index contributed by atoms with van der Waals surface area (Å²) in [6.07, 6.45) is -26.6. The molecule has 694 valence electrons. The summed E-state index contributed by atoms with van der Waals surface area (Å²) in [5.41, 5.74) is -0.112. The van der Waals surface area contributed by atoms with Crippen LogP contribution in [0.25, 0.3) is 0 Å². The van der Waals surface area contributed by atoms with E-state index in [1.807, 2.05) is 51.1 Å². The molecule has 6 aromatic carbocycles. The summed E-state index contributed by atoms with van der Waals surface area (Å²) in [5, 5.41) is 0. The van der Waals surface area contributed by atoms with Gasteiger partial charge in [0.2, 0.25) is 37.7 Å². The van der Waals surface area contributed by atoms with Crippen LogP contribution in [0.15, 0.2) is 146 Å². The van der Waals surface area contributed by atoms with Crippen molar-refractivity contribution in [1.29, 1.82) is 0 Å². The zero-order valence-electron chi connectivity index (χ0n) is 72.3. The quantitative estimate of drug-likeness (QED) is 0.0178. The van der Waals surface area contributed by atoms with E-state index >= 15 is 0 Å². The van der Waals surface area contributed by atoms with Gasteiger partial charge in [0, 0.05) is 41.5 Å². The van der Waals surface area contributed by atoms with E-state index in [2.05, 4.69) is 28.4 Å². The molecule has 0 saturated carbocycles. The van der Waals surface area contributed by atoms with E-state index in [1.165, 1.54) is 53.7 Å². The smallest absolute Gasteiger partial charge is 0.425 e. The predicted molar refractivity (Wildman–Crippen MR) is 418 cm³/mol. The van der Waals surface area contributed by atoms with Crippen LogP contribution in [0, 0.1) is 56.3 Å². The van der Waals surface area contributed by atoms with Crippen LogP contribution < -0.4 is 28.4 Å². The van der Waals surface area contributed by atoms with E-state index in [-0.39, 0.29) is 35.4 Å².